The van der Waals surface area contributed by atoms with Crippen LogP contribution in [0, 0.1) is 0 Å². The van der Waals surface area contributed by atoms with Crippen molar-refractivity contribution in [3.63, 3.8) is 0 Å². The smallest absolute Gasteiger partial charge is 0.225 e. The molecule has 0 radical (unpaired) electrons. The Labute approximate surface area is 104 Å². The summed E-state index contributed by atoms with van der Waals surface area (Å²) in [6.07, 6.45) is 2.25. The zero-order valence-corrected chi connectivity index (χ0v) is 9.80. The third-order valence-corrected chi connectivity index (χ3v) is 3.35. The molecule has 4 nitrogen and oxygen atoms in total. The summed E-state index contributed by atoms with van der Waals surface area (Å²) in [5, 5.41) is 0.193. The number of halogens is 1. The molecule has 1 aromatic carbocycles. The summed E-state index contributed by atoms with van der Waals surface area (Å²) in [5.74, 6) is 0.841. The zero-order chi connectivity index (χ0) is 11.9. The number of hydrogen-bond acceptors (Lipinski definition) is 4. The monoisotopic (exact) mass is 246 g/mol. The van der Waals surface area contributed by atoms with Gasteiger partial charge in [-0.2, -0.15) is 0 Å². The Bertz CT molecular complexity index is 545. The van der Waals surface area contributed by atoms with Crippen molar-refractivity contribution >= 4 is 11.6 Å². The topological polar surface area (TPSA) is 64.7 Å². The number of nitrogens with zero attached hydrogens (tertiary/aromatic N) is 3. The van der Waals surface area contributed by atoms with E-state index in [2.05, 4.69) is 27.1 Å². The van der Waals surface area contributed by atoms with E-state index < -0.39 is 5.54 Å². The summed E-state index contributed by atoms with van der Waals surface area (Å²) in [5.41, 5.74) is 7.02. The van der Waals surface area contributed by atoms with Gasteiger partial charge in [0.15, 0.2) is 5.82 Å². The van der Waals surface area contributed by atoms with Crippen molar-refractivity contribution in [2.24, 2.45) is 5.73 Å². The molecule has 17 heavy (non-hydrogen) atoms. The van der Waals surface area contributed by atoms with Crippen LogP contribution >= 0.6 is 11.6 Å². The lowest BCUT2D eigenvalue weighted by Gasteiger charge is -2.09. The summed E-state index contributed by atoms with van der Waals surface area (Å²) < 4.78 is 0. The Morgan fingerprint density at radius 1 is 1.24 bits per heavy atom. The van der Waals surface area contributed by atoms with E-state index in [1.807, 2.05) is 18.2 Å². The predicted molar refractivity (Wildman–Crippen MR) is 64.5 cm³/mol. The van der Waals surface area contributed by atoms with Crippen molar-refractivity contribution < 1.29 is 0 Å². The number of rotatable bonds is 2. The normalized spacial score (nSPS) is 26.8. The van der Waals surface area contributed by atoms with Crippen LogP contribution in [0.4, 0.5) is 0 Å². The van der Waals surface area contributed by atoms with Gasteiger partial charge >= 0.3 is 0 Å². The molecule has 1 heterocycles. The predicted octanol–water partition coefficient (Wildman–Crippen LogP) is 1.87. The van der Waals surface area contributed by atoms with Crippen LogP contribution in [-0.4, -0.2) is 15.0 Å². The molecule has 2 atom stereocenters. The first kappa shape index (κ1) is 10.6. The summed E-state index contributed by atoms with van der Waals surface area (Å²) in [7, 11) is 0. The van der Waals surface area contributed by atoms with Gasteiger partial charge in [-0.3, -0.25) is 0 Å². The summed E-state index contributed by atoms with van der Waals surface area (Å²) in [6.45, 7) is 0. The van der Waals surface area contributed by atoms with Crippen LogP contribution in [0.5, 0.6) is 0 Å². The Kier molecular flexibility index (Phi) is 2.34. The zero-order valence-electron chi connectivity index (χ0n) is 9.05. The highest BCUT2D eigenvalue weighted by molar-refractivity contribution is 6.28. The van der Waals surface area contributed by atoms with Crippen LogP contribution in [0.2, 0.25) is 5.28 Å². The van der Waals surface area contributed by atoms with E-state index >= 15 is 0 Å². The van der Waals surface area contributed by atoms with E-state index in [1.165, 1.54) is 11.9 Å². The molecule has 5 heteroatoms. The molecule has 0 bridgehead atoms. The molecule has 1 aromatic heterocycles. The van der Waals surface area contributed by atoms with Crippen molar-refractivity contribution in [1.29, 1.82) is 0 Å². The molecule has 0 amide bonds. The quantitative estimate of drug-likeness (QED) is 0.879. The van der Waals surface area contributed by atoms with Crippen LogP contribution in [0.1, 0.15) is 23.7 Å². The first-order valence-electron chi connectivity index (χ1n) is 5.39. The lowest BCUT2D eigenvalue weighted by Crippen LogP contribution is -2.25. The van der Waals surface area contributed by atoms with E-state index in [9.17, 15) is 0 Å². The lowest BCUT2D eigenvalue weighted by atomic mass is 10.1. The SMILES string of the molecule is NC1(c2ncnc(Cl)n2)CC1c1ccccc1. The second kappa shape index (κ2) is 3.75. The standard InChI is InChI=1S/C12H11ClN4/c13-11-16-7-15-10(17-11)12(14)6-9(12)8-4-2-1-3-5-8/h1-5,7,9H,6,14H2. The molecule has 0 spiro atoms. The third-order valence-electron chi connectivity index (χ3n) is 3.16. The van der Waals surface area contributed by atoms with Gasteiger partial charge < -0.3 is 5.73 Å². The highest BCUT2D eigenvalue weighted by Crippen LogP contribution is 2.55. The summed E-state index contributed by atoms with van der Waals surface area (Å²) in [6, 6.07) is 10.1. The van der Waals surface area contributed by atoms with Crippen LogP contribution in [-0.2, 0) is 5.54 Å². The van der Waals surface area contributed by atoms with E-state index in [0.29, 0.717) is 5.82 Å². The summed E-state index contributed by atoms with van der Waals surface area (Å²) >= 11 is 5.75. The van der Waals surface area contributed by atoms with Gasteiger partial charge in [0.05, 0.1) is 5.54 Å². The van der Waals surface area contributed by atoms with Crippen LogP contribution in [0.15, 0.2) is 36.7 Å². The maximum absolute atomic E-state index is 6.30. The second-order valence-electron chi connectivity index (χ2n) is 4.29. The molecule has 0 aliphatic heterocycles. The maximum atomic E-state index is 6.30. The summed E-state index contributed by atoms with van der Waals surface area (Å²) in [4.78, 5) is 12.0. The molecule has 1 saturated carbocycles. The van der Waals surface area contributed by atoms with Crippen LogP contribution in [0.25, 0.3) is 0 Å². The first-order chi connectivity index (χ1) is 8.20. The average Bonchev–Trinajstić information content (AvgIpc) is 3.05. The Morgan fingerprint density at radius 3 is 2.71 bits per heavy atom. The molecular formula is C12H11ClN4. The van der Waals surface area contributed by atoms with Crippen LogP contribution in [0.3, 0.4) is 0 Å². The minimum absolute atomic E-state index is 0.193. The molecule has 1 aliphatic rings. The number of benzene rings is 1. The fraction of sp³-hybridized carbons (Fsp3) is 0.250. The van der Waals surface area contributed by atoms with Gasteiger partial charge in [0.25, 0.3) is 0 Å². The molecule has 0 saturated heterocycles. The number of hydrogen-bond donors (Lipinski definition) is 1. The molecule has 1 fully saturated rings. The van der Waals surface area contributed by atoms with Crippen molar-refractivity contribution in [3.05, 3.63) is 53.3 Å². The number of aromatic nitrogens is 3. The fourth-order valence-corrected chi connectivity index (χ4v) is 2.25. The second-order valence-corrected chi connectivity index (χ2v) is 4.62. The minimum atomic E-state index is -0.492. The van der Waals surface area contributed by atoms with E-state index in [-0.39, 0.29) is 11.2 Å². The van der Waals surface area contributed by atoms with Crippen molar-refractivity contribution in [2.75, 3.05) is 0 Å². The van der Waals surface area contributed by atoms with Gasteiger partial charge in [-0.15, -0.1) is 0 Å². The minimum Gasteiger partial charge on any atom is -0.318 e. The fourth-order valence-electron chi connectivity index (χ4n) is 2.13. The Morgan fingerprint density at radius 2 is 2.00 bits per heavy atom. The van der Waals surface area contributed by atoms with E-state index in [1.54, 1.807) is 0 Å². The van der Waals surface area contributed by atoms with Gasteiger partial charge in [0, 0.05) is 5.92 Å². The molecule has 2 aromatic rings. The van der Waals surface area contributed by atoms with Crippen molar-refractivity contribution in [1.82, 2.24) is 15.0 Å². The molecular weight excluding hydrogens is 236 g/mol. The largest absolute Gasteiger partial charge is 0.318 e. The van der Waals surface area contributed by atoms with E-state index in [0.717, 1.165) is 6.42 Å². The van der Waals surface area contributed by atoms with Crippen molar-refractivity contribution in [3.8, 4) is 0 Å². The molecule has 3 rings (SSSR count). The van der Waals surface area contributed by atoms with Gasteiger partial charge in [0.1, 0.15) is 6.33 Å². The lowest BCUT2D eigenvalue weighted by molar-refractivity contribution is 0.639. The molecule has 2 N–H and O–H groups in total. The molecule has 1 aliphatic carbocycles. The third kappa shape index (κ3) is 1.79. The van der Waals surface area contributed by atoms with Gasteiger partial charge in [-0.1, -0.05) is 30.3 Å². The Balaban J connectivity index is 1.92. The van der Waals surface area contributed by atoms with Crippen LogP contribution < -0.4 is 5.73 Å². The number of nitrogens with two attached hydrogens (primary N) is 1. The highest BCUT2D eigenvalue weighted by Gasteiger charge is 2.55. The molecule has 86 valence electrons. The van der Waals surface area contributed by atoms with Gasteiger partial charge in [0.2, 0.25) is 5.28 Å². The Hall–Kier alpha value is -1.52. The highest BCUT2D eigenvalue weighted by atomic mass is 35.5. The van der Waals surface area contributed by atoms with Gasteiger partial charge in [-0.05, 0) is 23.6 Å². The average molecular weight is 247 g/mol. The molecule has 2 unspecified atom stereocenters. The van der Waals surface area contributed by atoms with Crippen molar-refractivity contribution in [2.45, 2.75) is 17.9 Å². The maximum Gasteiger partial charge on any atom is 0.225 e. The van der Waals surface area contributed by atoms with Gasteiger partial charge in [-0.25, -0.2) is 15.0 Å². The van der Waals surface area contributed by atoms with E-state index in [4.69, 9.17) is 17.3 Å². The first-order valence-corrected chi connectivity index (χ1v) is 5.77.